The van der Waals surface area contributed by atoms with E-state index in [1.165, 1.54) is 49.1 Å². The predicted molar refractivity (Wildman–Crippen MR) is 125 cm³/mol. The predicted octanol–water partition coefficient (Wildman–Crippen LogP) is 3.67. The van der Waals surface area contributed by atoms with Gasteiger partial charge in [0.2, 0.25) is 15.9 Å². The molecule has 1 fully saturated rings. The highest BCUT2D eigenvalue weighted by atomic mass is 32.2. The molecule has 0 radical (unpaired) electrons. The normalized spacial score (nSPS) is 15.8. The Kier molecular flexibility index (Phi) is 8.26. The number of benzene rings is 2. The van der Waals surface area contributed by atoms with E-state index < -0.39 is 21.9 Å². The molecule has 2 aromatic rings. The molecule has 0 aromatic heterocycles. The second-order valence-electron chi connectivity index (χ2n) is 8.33. The molecular formula is C24H32FN3O3S. The Morgan fingerprint density at radius 3 is 2.19 bits per heavy atom. The van der Waals surface area contributed by atoms with Crippen molar-refractivity contribution in [1.29, 1.82) is 0 Å². The summed E-state index contributed by atoms with van der Waals surface area (Å²) in [6.07, 6.45) is 5.15. The third-order valence-electron chi connectivity index (χ3n) is 5.76. The number of piperidine rings is 1. The second kappa shape index (κ2) is 10.9. The van der Waals surface area contributed by atoms with E-state index in [0.717, 1.165) is 35.8 Å². The highest BCUT2D eigenvalue weighted by Gasteiger charge is 2.31. The Hall–Kier alpha value is -2.45. The first-order valence-corrected chi connectivity index (χ1v) is 13.0. The number of nitrogens with one attached hydrogen (secondary N) is 1. The van der Waals surface area contributed by atoms with Gasteiger partial charge in [-0.15, -0.1) is 0 Å². The number of likely N-dealkylation sites (tertiary alicyclic amines) is 1. The Morgan fingerprint density at radius 1 is 1.03 bits per heavy atom. The van der Waals surface area contributed by atoms with Gasteiger partial charge in [0, 0.05) is 13.1 Å². The lowest BCUT2D eigenvalue weighted by atomic mass is 10.1. The average Bonchev–Trinajstić information content (AvgIpc) is 2.77. The summed E-state index contributed by atoms with van der Waals surface area (Å²) in [7, 11) is -3.74. The minimum absolute atomic E-state index is 0.262. The van der Waals surface area contributed by atoms with Crippen molar-refractivity contribution in [2.75, 3.05) is 23.7 Å². The zero-order valence-electron chi connectivity index (χ0n) is 18.8. The van der Waals surface area contributed by atoms with Crippen LogP contribution in [0.5, 0.6) is 0 Å². The molecule has 0 bridgehead atoms. The van der Waals surface area contributed by atoms with Crippen LogP contribution in [0.4, 0.5) is 10.1 Å². The molecule has 3 rings (SSSR count). The maximum Gasteiger partial charge on any atom is 0.244 e. The minimum Gasteiger partial charge on any atom is -0.350 e. The Labute approximate surface area is 190 Å². The molecule has 0 saturated carbocycles. The van der Waals surface area contributed by atoms with Gasteiger partial charge in [-0.05, 0) is 67.7 Å². The molecule has 174 valence electrons. The van der Waals surface area contributed by atoms with E-state index in [0.29, 0.717) is 6.54 Å². The maximum atomic E-state index is 13.3. The third kappa shape index (κ3) is 6.53. The summed E-state index contributed by atoms with van der Waals surface area (Å²) < 4.78 is 39.3. The topological polar surface area (TPSA) is 69.7 Å². The largest absolute Gasteiger partial charge is 0.350 e. The molecule has 6 nitrogen and oxygen atoms in total. The number of amides is 1. The summed E-state index contributed by atoms with van der Waals surface area (Å²) in [5.41, 5.74) is 2.45. The van der Waals surface area contributed by atoms with E-state index in [4.69, 9.17) is 0 Å². The van der Waals surface area contributed by atoms with E-state index in [1.54, 1.807) is 6.92 Å². The van der Waals surface area contributed by atoms with Gasteiger partial charge in [-0.2, -0.15) is 0 Å². The lowest BCUT2D eigenvalue weighted by Gasteiger charge is -2.30. The van der Waals surface area contributed by atoms with Gasteiger partial charge in [-0.25, -0.2) is 12.8 Å². The maximum absolute atomic E-state index is 13.3. The van der Waals surface area contributed by atoms with Crippen molar-refractivity contribution in [3.63, 3.8) is 0 Å². The van der Waals surface area contributed by atoms with Crippen molar-refractivity contribution >= 4 is 21.6 Å². The highest BCUT2D eigenvalue weighted by molar-refractivity contribution is 7.92. The van der Waals surface area contributed by atoms with Crippen LogP contribution >= 0.6 is 0 Å². The van der Waals surface area contributed by atoms with Gasteiger partial charge in [-0.1, -0.05) is 37.6 Å². The van der Waals surface area contributed by atoms with Gasteiger partial charge in [0.05, 0.1) is 11.9 Å². The molecule has 2 aromatic carbocycles. The molecular weight excluding hydrogens is 429 g/mol. The number of nitrogens with zero attached hydrogens (tertiary/aromatic N) is 2. The second-order valence-corrected chi connectivity index (χ2v) is 10.2. The minimum atomic E-state index is -3.74. The van der Waals surface area contributed by atoms with Gasteiger partial charge < -0.3 is 5.32 Å². The number of carbonyl (C=O) groups is 1. The van der Waals surface area contributed by atoms with Crippen molar-refractivity contribution in [3.05, 3.63) is 65.5 Å². The third-order valence-corrected chi connectivity index (χ3v) is 6.94. The van der Waals surface area contributed by atoms with Crippen LogP contribution in [-0.2, 0) is 27.9 Å². The zero-order valence-corrected chi connectivity index (χ0v) is 19.6. The van der Waals surface area contributed by atoms with Crippen LogP contribution in [0, 0.1) is 5.82 Å². The van der Waals surface area contributed by atoms with Crippen LogP contribution in [0.1, 0.15) is 43.7 Å². The summed E-state index contributed by atoms with van der Waals surface area (Å²) >= 11 is 0. The van der Waals surface area contributed by atoms with Crippen LogP contribution < -0.4 is 9.62 Å². The fraction of sp³-hybridized carbons (Fsp3) is 0.458. The van der Waals surface area contributed by atoms with Gasteiger partial charge in [-0.3, -0.25) is 14.0 Å². The van der Waals surface area contributed by atoms with E-state index in [1.807, 2.05) is 12.1 Å². The van der Waals surface area contributed by atoms with Crippen LogP contribution in [0.15, 0.2) is 48.5 Å². The van der Waals surface area contributed by atoms with Gasteiger partial charge in [0.1, 0.15) is 11.9 Å². The molecule has 8 heteroatoms. The summed E-state index contributed by atoms with van der Waals surface area (Å²) in [6.45, 7) is 5.27. The standard InChI is InChI=1S/C24H32FN3O3S/c1-3-23(28(32(2,30)31)22-13-11-21(25)12-14-22)24(29)26-17-19-7-9-20(10-8-19)18-27-15-5-4-6-16-27/h7-14,23H,3-6,15-18H2,1-2H3,(H,26,29). The molecule has 1 unspecified atom stereocenters. The Morgan fingerprint density at radius 2 is 1.62 bits per heavy atom. The average molecular weight is 462 g/mol. The molecule has 1 aliphatic rings. The summed E-state index contributed by atoms with van der Waals surface area (Å²) in [6, 6.07) is 12.3. The van der Waals surface area contributed by atoms with Crippen molar-refractivity contribution in [3.8, 4) is 0 Å². The van der Waals surface area contributed by atoms with Crippen molar-refractivity contribution in [1.82, 2.24) is 10.2 Å². The first-order valence-electron chi connectivity index (χ1n) is 11.1. The Bertz CT molecular complexity index is 988. The Balaban J connectivity index is 1.64. The molecule has 1 N–H and O–H groups in total. The van der Waals surface area contributed by atoms with Crippen LogP contribution in [0.25, 0.3) is 0 Å². The first-order chi connectivity index (χ1) is 15.3. The van der Waals surface area contributed by atoms with Crippen molar-refractivity contribution in [2.24, 2.45) is 0 Å². The lowest BCUT2D eigenvalue weighted by Crippen LogP contribution is -2.49. The van der Waals surface area contributed by atoms with E-state index in [2.05, 4.69) is 22.3 Å². The molecule has 1 aliphatic heterocycles. The highest BCUT2D eigenvalue weighted by Crippen LogP contribution is 2.23. The molecule has 32 heavy (non-hydrogen) atoms. The van der Waals surface area contributed by atoms with Crippen LogP contribution in [0.3, 0.4) is 0 Å². The number of hydrogen-bond acceptors (Lipinski definition) is 4. The summed E-state index contributed by atoms with van der Waals surface area (Å²) in [5.74, 6) is -0.858. The fourth-order valence-corrected chi connectivity index (χ4v) is 5.31. The SMILES string of the molecule is CCC(C(=O)NCc1ccc(CN2CCCCC2)cc1)N(c1ccc(F)cc1)S(C)(=O)=O. The monoisotopic (exact) mass is 461 g/mol. The van der Waals surface area contributed by atoms with Gasteiger partial charge in [0.15, 0.2) is 0 Å². The van der Waals surface area contributed by atoms with E-state index >= 15 is 0 Å². The summed E-state index contributed by atoms with van der Waals surface area (Å²) in [5, 5.41) is 2.85. The van der Waals surface area contributed by atoms with Crippen molar-refractivity contribution < 1.29 is 17.6 Å². The number of anilines is 1. The lowest BCUT2D eigenvalue weighted by molar-refractivity contribution is -0.122. The number of hydrogen-bond donors (Lipinski definition) is 1. The van der Waals surface area contributed by atoms with E-state index in [-0.39, 0.29) is 18.0 Å². The number of sulfonamides is 1. The zero-order chi connectivity index (χ0) is 23.1. The molecule has 1 heterocycles. The number of rotatable bonds is 9. The molecule has 0 spiro atoms. The van der Waals surface area contributed by atoms with Gasteiger partial charge >= 0.3 is 0 Å². The smallest absolute Gasteiger partial charge is 0.244 e. The molecule has 1 amide bonds. The number of carbonyl (C=O) groups excluding carboxylic acids is 1. The first kappa shape index (κ1) is 24.2. The fourth-order valence-electron chi connectivity index (χ4n) is 4.09. The molecule has 0 aliphatic carbocycles. The van der Waals surface area contributed by atoms with E-state index in [9.17, 15) is 17.6 Å². The van der Waals surface area contributed by atoms with Crippen LogP contribution in [-0.4, -0.2) is 44.6 Å². The van der Waals surface area contributed by atoms with Crippen LogP contribution in [0.2, 0.25) is 0 Å². The van der Waals surface area contributed by atoms with Crippen molar-refractivity contribution in [2.45, 2.75) is 51.7 Å². The molecule has 1 saturated heterocycles. The summed E-state index contributed by atoms with van der Waals surface area (Å²) in [4.78, 5) is 15.4. The quantitative estimate of drug-likeness (QED) is 0.619. The number of halogens is 1. The van der Waals surface area contributed by atoms with Gasteiger partial charge in [0.25, 0.3) is 0 Å². The molecule has 1 atom stereocenters.